The van der Waals surface area contributed by atoms with Crippen LogP contribution in [0.5, 0.6) is 0 Å². The molecule has 0 saturated heterocycles. The summed E-state index contributed by atoms with van der Waals surface area (Å²) in [6.07, 6.45) is 0.720. The van der Waals surface area contributed by atoms with Gasteiger partial charge in [-0.15, -0.1) is 0 Å². The third-order valence-corrected chi connectivity index (χ3v) is 3.27. The Kier molecular flexibility index (Phi) is 6.05. The summed E-state index contributed by atoms with van der Waals surface area (Å²) in [6, 6.07) is 2.92. The summed E-state index contributed by atoms with van der Waals surface area (Å²) in [5, 5.41) is 7.33. The number of nitrogens with two attached hydrogens (primary N) is 1. The van der Waals surface area contributed by atoms with Gasteiger partial charge in [-0.05, 0) is 31.5 Å². The first-order chi connectivity index (χ1) is 9.32. The highest BCUT2D eigenvalue weighted by molar-refractivity contribution is 7.89. The second kappa shape index (κ2) is 7.32. The molecule has 0 atom stereocenters. The zero-order chi connectivity index (χ0) is 15.2. The summed E-state index contributed by atoms with van der Waals surface area (Å²) < 4.78 is 40.6. The Morgan fingerprint density at radius 1 is 1.40 bits per heavy atom. The van der Waals surface area contributed by atoms with E-state index in [-0.39, 0.29) is 22.9 Å². The number of halogens is 1. The largest absolute Gasteiger partial charge is 0.382 e. The molecular formula is C12H17FN2O4S. The maximum absolute atomic E-state index is 13.3. The number of sulfonamides is 1. The second-order valence-corrected chi connectivity index (χ2v) is 5.63. The number of anilines is 1. The van der Waals surface area contributed by atoms with Crippen LogP contribution in [0.2, 0.25) is 0 Å². The number of primary sulfonamides is 1. The van der Waals surface area contributed by atoms with Gasteiger partial charge in [-0.3, -0.25) is 4.79 Å². The lowest BCUT2D eigenvalue weighted by atomic mass is 10.2. The summed E-state index contributed by atoms with van der Waals surface area (Å²) in [5.41, 5.74) is 0.0513. The predicted octanol–water partition coefficient (Wildman–Crippen LogP) is 1.23. The normalized spacial score (nSPS) is 11.3. The molecule has 3 N–H and O–H groups in total. The molecule has 0 aliphatic rings. The molecule has 0 bridgehead atoms. The molecule has 1 amide bonds. The third-order valence-electron chi connectivity index (χ3n) is 2.38. The van der Waals surface area contributed by atoms with E-state index in [4.69, 9.17) is 9.88 Å². The van der Waals surface area contributed by atoms with E-state index in [0.29, 0.717) is 19.6 Å². The molecule has 6 nitrogen and oxygen atoms in total. The van der Waals surface area contributed by atoms with Crippen molar-refractivity contribution >= 4 is 21.6 Å². The molecule has 0 saturated carbocycles. The van der Waals surface area contributed by atoms with Crippen LogP contribution in [0, 0.1) is 5.82 Å². The zero-order valence-electron chi connectivity index (χ0n) is 11.1. The van der Waals surface area contributed by atoms with Crippen molar-refractivity contribution in [2.75, 3.05) is 18.5 Å². The average molecular weight is 304 g/mol. The lowest BCUT2D eigenvalue weighted by molar-refractivity contribution is -0.116. The maximum atomic E-state index is 13.3. The summed E-state index contributed by atoms with van der Waals surface area (Å²) in [5.74, 6) is -1.14. The van der Waals surface area contributed by atoms with E-state index in [9.17, 15) is 17.6 Å². The fraction of sp³-hybridized carbons (Fsp3) is 0.417. The number of benzene rings is 1. The van der Waals surface area contributed by atoms with Gasteiger partial charge in [0.25, 0.3) is 0 Å². The molecule has 1 aromatic rings. The van der Waals surface area contributed by atoms with Crippen molar-refractivity contribution in [2.24, 2.45) is 5.14 Å². The Balaban J connectivity index is 2.68. The number of carbonyl (C=O) groups is 1. The molecule has 0 aliphatic carbocycles. The van der Waals surface area contributed by atoms with Crippen LogP contribution in [0.3, 0.4) is 0 Å². The van der Waals surface area contributed by atoms with Crippen molar-refractivity contribution in [1.29, 1.82) is 0 Å². The standard InChI is InChI=1S/C12H17FN2O4S/c1-2-19-5-3-4-12(16)15-10-6-9(13)7-11(8-10)20(14,17)18/h6-8H,2-5H2,1H3,(H,15,16)(H2,14,17,18). The van der Waals surface area contributed by atoms with Gasteiger partial charge in [-0.1, -0.05) is 0 Å². The van der Waals surface area contributed by atoms with Crippen molar-refractivity contribution in [2.45, 2.75) is 24.7 Å². The monoisotopic (exact) mass is 304 g/mol. The molecule has 20 heavy (non-hydrogen) atoms. The first-order valence-corrected chi connectivity index (χ1v) is 7.58. The highest BCUT2D eigenvalue weighted by Gasteiger charge is 2.12. The number of carbonyl (C=O) groups excluding carboxylic acids is 1. The van der Waals surface area contributed by atoms with Crippen LogP contribution in [0.25, 0.3) is 0 Å². The molecule has 0 fully saturated rings. The smallest absolute Gasteiger partial charge is 0.238 e. The van der Waals surface area contributed by atoms with Crippen LogP contribution < -0.4 is 10.5 Å². The fourth-order valence-corrected chi connectivity index (χ4v) is 2.07. The Morgan fingerprint density at radius 3 is 2.70 bits per heavy atom. The van der Waals surface area contributed by atoms with Gasteiger partial charge in [0.05, 0.1) is 4.90 Å². The van der Waals surface area contributed by atoms with Gasteiger partial charge >= 0.3 is 0 Å². The minimum absolute atomic E-state index is 0.0513. The number of ether oxygens (including phenoxy) is 1. The van der Waals surface area contributed by atoms with E-state index in [2.05, 4.69) is 5.32 Å². The summed E-state index contributed by atoms with van der Waals surface area (Å²) >= 11 is 0. The lowest BCUT2D eigenvalue weighted by Crippen LogP contribution is -2.15. The average Bonchev–Trinajstić information content (AvgIpc) is 2.33. The molecule has 0 aromatic heterocycles. The Morgan fingerprint density at radius 2 is 2.10 bits per heavy atom. The van der Waals surface area contributed by atoms with Crippen molar-refractivity contribution in [3.8, 4) is 0 Å². The van der Waals surface area contributed by atoms with E-state index >= 15 is 0 Å². The van der Waals surface area contributed by atoms with Gasteiger partial charge in [0.15, 0.2) is 0 Å². The summed E-state index contributed by atoms with van der Waals surface area (Å²) in [4.78, 5) is 11.2. The molecule has 0 radical (unpaired) electrons. The van der Waals surface area contributed by atoms with Gasteiger partial charge in [0.2, 0.25) is 15.9 Å². The zero-order valence-corrected chi connectivity index (χ0v) is 11.9. The van der Waals surface area contributed by atoms with Gasteiger partial charge in [-0.25, -0.2) is 17.9 Å². The molecule has 8 heteroatoms. The number of hydrogen-bond donors (Lipinski definition) is 2. The molecular weight excluding hydrogens is 287 g/mol. The first kappa shape index (κ1) is 16.5. The van der Waals surface area contributed by atoms with Crippen molar-refractivity contribution in [1.82, 2.24) is 0 Å². The molecule has 1 rings (SSSR count). The summed E-state index contributed by atoms with van der Waals surface area (Å²) in [6.45, 7) is 2.88. The van der Waals surface area contributed by atoms with E-state index < -0.39 is 15.8 Å². The second-order valence-electron chi connectivity index (χ2n) is 4.07. The van der Waals surface area contributed by atoms with Crippen LogP contribution in [0.4, 0.5) is 10.1 Å². The molecule has 0 spiro atoms. The number of rotatable bonds is 7. The van der Waals surface area contributed by atoms with Gasteiger partial charge in [-0.2, -0.15) is 0 Å². The van der Waals surface area contributed by atoms with E-state index in [1.165, 1.54) is 0 Å². The summed E-state index contributed by atoms with van der Waals surface area (Å²) in [7, 11) is -4.02. The van der Waals surface area contributed by atoms with Gasteiger partial charge in [0.1, 0.15) is 5.82 Å². The number of hydrogen-bond acceptors (Lipinski definition) is 4. The molecule has 0 aliphatic heterocycles. The maximum Gasteiger partial charge on any atom is 0.238 e. The highest BCUT2D eigenvalue weighted by Crippen LogP contribution is 2.17. The predicted molar refractivity (Wildman–Crippen MR) is 72.1 cm³/mol. The lowest BCUT2D eigenvalue weighted by Gasteiger charge is -2.07. The van der Waals surface area contributed by atoms with Gasteiger partial charge < -0.3 is 10.1 Å². The molecule has 112 valence electrons. The van der Waals surface area contributed by atoms with Crippen molar-refractivity contribution in [3.05, 3.63) is 24.0 Å². The van der Waals surface area contributed by atoms with E-state index in [0.717, 1.165) is 18.2 Å². The van der Waals surface area contributed by atoms with Crippen LogP contribution in [-0.4, -0.2) is 27.5 Å². The fourth-order valence-electron chi connectivity index (χ4n) is 1.50. The van der Waals surface area contributed by atoms with E-state index in [1.54, 1.807) is 0 Å². The van der Waals surface area contributed by atoms with Crippen LogP contribution in [-0.2, 0) is 19.6 Å². The Bertz CT molecular complexity index is 575. The molecule has 1 aromatic carbocycles. The Labute approximate surface area is 117 Å². The third kappa shape index (κ3) is 5.64. The molecule has 0 heterocycles. The molecule has 0 unspecified atom stereocenters. The van der Waals surface area contributed by atoms with Crippen LogP contribution in [0.15, 0.2) is 23.1 Å². The van der Waals surface area contributed by atoms with E-state index in [1.807, 2.05) is 6.92 Å². The SMILES string of the molecule is CCOCCCC(=O)Nc1cc(F)cc(S(N)(=O)=O)c1. The number of amides is 1. The first-order valence-electron chi connectivity index (χ1n) is 6.04. The minimum atomic E-state index is -4.02. The number of nitrogens with one attached hydrogen (secondary N) is 1. The van der Waals surface area contributed by atoms with Gasteiger partial charge in [0, 0.05) is 25.3 Å². The van der Waals surface area contributed by atoms with Crippen LogP contribution >= 0.6 is 0 Å². The minimum Gasteiger partial charge on any atom is -0.382 e. The van der Waals surface area contributed by atoms with Crippen molar-refractivity contribution in [3.63, 3.8) is 0 Å². The highest BCUT2D eigenvalue weighted by atomic mass is 32.2. The van der Waals surface area contributed by atoms with Crippen molar-refractivity contribution < 1.29 is 22.3 Å². The topological polar surface area (TPSA) is 98.5 Å². The van der Waals surface area contributed by atoms with Crippen LogP contribution in [0.1, 0.15) is 19.8 Å². The quantitative estimate of drug-likeness (QED) is 0.740. The Hall–Kier alpha value is -1.51.